The Morgan fingerprint density at radius 3 is 1.95 bits per heavy atom. The van der Waals surface area contributed by atoms with Crippen molar-refractivity contribution in [3.8, 4) is 0 Å². The number of hydrogen-bond acceptors (Lipinski definition) is 8. The second kappa shape index (κ2) is 15.0. The molecule has 1 aromatic rings. The number of carboxylic acid groups (broad SMARTS) is 1. The number of hydrogen-bond donors (Lipinski definition) is 7. The topological polar surface area (TPSA) is 212 Å². The fraction of sp³-hybridized carbons (Fsp3) is 0.478. The third-order valence-corrected chi connectivity index (χ3v) is 4.41. The van der Waals surface area contributed by atoms with Crippen LogP contribution in [0.5, 0.6) is 0 Å². The van der Waals surface area contributed by atoms with Gasteiger partial charge in [0.25, 0.3) is 0 Å². The van der Waals surface area contributed by atoms with E-state index in [1.165, 1.54) is 0 Å². The van der Waals surface area contributed by atoms with Gasteiger partial charge in [0.05, 0.1) is 19.7 Å². The van der Waals surface area contributed by atoms with Crippen molar-refractivity contribution in [3.05, 3.63) is 35.9 Å². The zero-order chi connectivity index (χ0) is 28.0. The van der Waals surface area contributed by atoms with Gasteiger partial charge < -0.3 is 41.5 Å². The number of aliphatic hydroxyl groups excluding tert-OH is 1. The van der Waals surface area contributed by atoms with E-state index < -0.39 is 79.6 Å². The van der Waals surface area contributed by atoms with Gasteiger partial charge in [-0.3, -0.25) is 24.0 Å². The van der Waals surface area contributed by atoms with E-state index in [4.69, 9.17) is 9.84 Å². The zero-order valence-electron chi connectivity index (χ0n) is 20.8. The molecule has 0 spiro atoms. The molecule has 14 heteroatoms. The molecule has 0 aromatic heterocycles. The molecular formula is C23H33N5O9. The molecule has 0 saturated carbocycles. The Hall–Kier alpha value is -4.20. The van der Waals surface area contributed by atoms with Gasteiger partial charge in [-0.25, -0.2) is 4.79 Å². The van der Waals surface area contributed by atoms with E-state index in [0.29, 0.717) is 5.56 Å². The monoisotopic (exact) mass is 523 g/mol. The summed E-state index contributed by atoms with van der Waals surface area (Å²) >= 11 is 0. The Bertz CT molecular complexity index is 963. The van der Waals surface area contributed by atoms with Crippen molar-refractivity contribution in [1.82, 2.24) is 26.6 Å². The van der Waals surface area contributed by atoms with Gasteiger partial charge in [-0.05, 0) is 26.3 Å². The van der Waals surface area contributed by atoms with Crippen LogP contribution in [0, 0.1) is 0 Å². The van der Waals surface area contributed by atoms with Crippen molar-refractivity contribution in [2.24, 2.45) is 0 Å². The van der Waals surface area contributed by atoms with Crippen molar-refractivity contribution >= 4 is 35.7 Å². The molecule has 37 heavy (non-hydrogen) atoms. The molecular weight excluding hydrogens is 490 g/mol. The molecule has 0 radical (unpaired) electrons. The molecule has 204 valence electrons. The highest BCUT2D eigenvalue weighted by molar-refractivity contribution is 5.93. The number of rotatable bonds is 13. The van der Waals surface area contributed by atoms with E-state index in [1.54, 1.807) is 51.1 Å². The van der Waals surface area contributed by atoms with Crippen LogP contribution in [-0.4, -0.2) is 89.8 Å². The summed E-state index contributed by atoms with van der Waals surface area (Å²) in [5.74, 6) is -4.31. The van der Waals surface area contributed by atoms with E-state index in [9.17, 15) is 33.9 Å². The van der Waals surface area contributed by atoms with Gasteiger partial charge in [0.15, 0.2) is 0 Å². The van der Waals surface area contributed by atoms with E-state index in [1.807, 2.05) is 0 Å². The van der Waals surface area contributed by atoms with Crippen LogP contribution in [0.25, 0.3) is 0 Å². The van der Waals surface area contributed by atoms with E-state index >= 15 is 0 Å². The molecule has 0 aliphatic heterocycles. The summed E-state index contributed by atoms with van der Waals surface area (Å²) in [6.07, 6.45) is -0.852. The first-order valence-corrected chi connectivity index (χ1v) is 11.3. The Morgan fingerprint density at radius 2 is 1.38 bits per heavy atom. The summed E-state index contributed by atoms with van der Waals surface area (Å²) in [4.78, 5) is 71.4. The lowest BCUT2D eigenvalue weighted by atomic mass is 10.1. The lowest BCUT2D eigenvalue weighted by Crippen LogP contribution is -2.53. The second-order valence-electron chi connectivity index (χ2n) is 8.80. The minimum absolute atomic E-state index is 0.0786. The van der Waals surface area contributed by atoms with Gasteiger partial charge >= 0.3 is 12.1 Å². The van der Waals surface area contributed by atoms with Crippen molar-refractivity contribution < 1.29 is 43.7 Å². The molecule has 1 aromatic carbocycles. The first-order chi connectivity index (χ1) is 17.3. The lowest BCUT2D eigenvalue weighted by Gasteiger charge is -2.22. The van der Waals surface area contributed by atoms with Crippen molar-refractivity contribution in [2.45, 2.75) is 44.9 Å². The summed E-state index contributed by atoms with van der Waals surface area (Å²) in [7, 11) is 0. The number of aliphatic hydroxyl groups is 1. The van der Waals surface area contributed by atoms with Crippen LogP contribution < -0.4 is 26.6 Å². The maximum Gasteiger partial charge on any atom is 0.408 e. The molecule has 5 amide bonds. The molecule has 0 aliphatic rings. The van der Waals surface area contributed by atoms with Crippen LogP contribution in [0.15, 0.2) is 30.3 Å². The first kappa shape index (κ1) is 30.8. The molecule has 1 rings (SSSR count). The SMILES string of the molecule is CC(C)(C)OC(=O)N[C@@H](CO)C(=O)NCC(=O)NCC(=O)N[C@@H](Cc1ccccc1)C(=O)NCC(=O)O. The minimum atomic E-state index is -1.37. The van der Waals surface area contributed by atoms with Gasteiger partial charge in [-0.15, -0.1) is 0 Å². The van der Waals surface area contributed by atoms with Gasteiger partial charge in [0, 0.05) is 6.42 Å². The third-order valence-electron chi connectivity index (χ3n) is 4.41. The number of amides is 5. The molecule has 0 aliphatic carbocycles. The van der Waals surface area contributed by atoms with E-state index in [2.05, 4.69) is 26.6 Å². The second-order valence-corrected chi connectivity index (χ2v) is 8.80. The van der Waals surface area contributed by atoms with Crippen LogP contribution in [0.3, 0.4) is 0 Å². The van der Waals surface area contributed by atoms with Gasteiger partial charge in [-0.1, -0.05) is 30.3 Å². The van der Waals surface area contributed by atoms with Crippen LogP contribution in [0.1, 0.15) is 26.3 Å². The maximum absolute atomic E-state index is 12.4. The number of aliphatic carboxylic acids is 1. The van der Waals surface area contributed by atoms with Crippen LogP contribution in [-0.2, 0) is 35.1 Å². The smallest absolute Gasteiger partial charge is 0.408 e. The Morgan fingerprint density at radius 1 is 0.811 bits per heavy atom. The minimum Gasteiger partial charge on any atom is -0.480 e. The van der Waals surface area contributed by atoms with Crippen molar-refractivity contribution in [3.63, 3.8) is 0 Å². The predicted octanol–water partition coefficient (Wildman–Crippen LogP) is -1.97. The van der Waals surface area contributed by atoms with Gasteiger partial charge in [-0.2, -0.15) is 0 Å². The largest absolute Gasteiger partial charge is 0.480 e. The van der Waals surface area contributed by atoms with Crippen LogP contribution >= 0.6 is 0 Å². The zero-order valence-corrected chi connectivity index (χ0v) is 20.8. The van der Waals surface area contributed by atoms with Gasteiger partial charge in [0.2, 0.25) is 23.6 Å². The Kier molecular flexibility index (Phi) is 12.5. The number of nitrogens with one attached hydrogen (secondary N) is 5. The van der Waals surface area contributed by atoms with E-state index in [0.717, 1.165) is 0 Å². The quantitative estimate of drug-likeness (QED) is 0.153. The molecule has 2 atom stereocenters. The van der Waals surface area contributed by atoms with Gasteiger partial charge in [0.1, 0.15) is 24.2 Å². The van der Waals surface area contributed by atoms with Crippen LogP contribution in [0.2, 0.25) is 0 Å². The van der Waals surface area contributed by atoms with Crippen molar-refractivity contribution in [1.29, 1.82) is 0 Å². The average Bonchev–Trinajstić information content (AvgIpc) is 2.82. The molecule has 0 saturated heterocycles. The summed E-state index contributed by atoms with van der Waals surface area (Å²) in [5, 5.41) is 29.4. The highest BCUT2D eigenvalue weighted by Gasteiger charge is 2.25. The summed E-state index contributed by atoms with van der Waals surface area (Å²) in [6.45, 7) is 2.38. The van der Waals surface area contributed by atoms with Crippen molar-refractivity contribution in [2.75, 3.05) is 26.2 Å². The normalized spacial score (nSPS) is 12.3. The lowest BCUT2D eigenvalue weighted by molar-refractivity contribution is -0.138. The molecule has 0 bridgehead atoms. The average molecular weight is 524 g/mol. The summed E-state index contributed by atoms with van der Waals surface area (Å²) in [5.41, 5.74) is -0.110. The fourth-order valence-electron chi connectivity index (χ4n) is 2.77. The highest BCUT2D eigenvalue weighted by atomic mass is 16.6. The van der Waals surface area contributed by atoms with Crippen LogP contribution in [0.4, 0.5) is 4.79 Å². The Labute approximate surface area is 213 Å². The molecule has 0 unspecified atom stereocenters. The molecule has 0 fully saturated rings. The third kappa shape index (κ3) is 13.5. The standard InChI is InChI=1S/C23H33N5O9/c1-23(2,3)37-22(36)28-16(13-29)21(35)25-10-17(30)24-11-18(31)27-15(20(34)26-12-19(32)33)9-14-7-5-4-6-8-14/h4-8,15-16,29H,9-13H2,1-3H3,(H,24,30)(H,25,35)(H,26,34)(H,27,31)(H,28,36)(H,32,33)/t15-,16-/m0/s1. The molecule has 0 heterocycles. The number of ether oxygens (including phenoxy) is 1. The number of carbonyl (C=O) groups excluding carboxylic acids is 5. The number of carboxylic acids is 1. The highest BCUT2D eigenvalue weighted by Crippen LogP contribution is 2.07. The number of alkyl carbamates (subject to hydrolysis) is 1. The van der Waals surface area contributed by atoms with E-state index in [-0.39, 0.29) is 6.42 Å². The Balaban J connectivity index is 2.56. The molecule has 14 nitrogen and oxygen atoms in total. The molecule has 7 N–H and O–H groups in total. The fourth-order valence-corrected chi connectivity index (χ4v) is 2.77. The summed E-state index contributed by atoms with van der Waals surface area (Å²) < 4.78 is 5.00. The summed E-state index contributed by atoms with van der Waals surface area (Å²) in [6, 6.07) is 6.23. The number of carbonyl (C=O) groups is 6. The maximum atomic E-state index is 12.4. The first-order valence-electron chi connectivity index (χ1n) is 11.3. The number of benzene rings is 1. The predicted molar refractivity (Wildman–Crippen MR) is 129 cm³/mol.